The van der Waals surface area contributed by atoms with Crippen LogP contribution in [0.3, 0.4) is 0 Å². The van der Waals surface area contributed by atoms with Crippen LogP contribution in [0.25, 0.3) is 0 Å². The van der Waals surface area contributed by atoms with Crippen LogP contribution in [-0.2, 0) is 30.4 Å². The van der Waals surface area contributed by atoms with Crippen LogP contribution in [0.4, 0.5) is 0 Å². The molecule has 0 amide bonds. The molecule has 0 saturated carbocycles. The number of rotatable bonds is 1. The molecular formula is C2H6S3. The van der Waals surface area contributed by atoms with E-state index >= 15 is 0 Å². The number of hydrogen-bond acceptors (Lipinski definition) is 2. The normalized spacial score (nSPS) is 9.20. The van der Waals surface area contributed by atoms with Crippen molar-refractivity contribution in [1.29, 1.82) is 0 Å². The van der Waals surface area contributed by atoms with Crippen molar-refractivity contribution in [2.45, 2.75) is 6.92 Å². The average molecular weight is 126 g/mol. The minimum absolute atomic E-state index is 0.432. The second kappa shape index (κ2) is 3.00. The molecule has 0 atom stereocenters. The molecule has 0 aromatic rings. The van der Waals surface area contributed by atoms with E-state index in [4.69, 9.17) is 0 Å². The van der Waals surface area contributed by atoms with E-state index in [1.165, 1.54) is 0 Å². The highest BCUT2D eigenvalue weighted by atomic mass is 33.1. The first-order valence-corrected chi connectivity index (χ1v) is 4.94. The first-order valence-electron chi connectivity index (χ1n) is 1.39. The highest BCUT2D eigenvalue weighted by Crippen LogP contribution is 1.57. The summed E-state index contributed by atoms with van der Waals surface area (Å²) in [6.07, 6.45) is 0. The van der Waals surface area contributed by atoms with Crippen LogP contribution in [0.5, 0.6) is 0 Å². The van der Waals surface area contributed by atoms with Gasteiger partial charge >= 0.3 is 0 Å². The largest absolute Gasteiger partial charge is 0.101 e. The SMILES string of the molecule is CC[SH](=S)=S. The fraction of sp³-hybridized carbons (Fsp3) is 1.00. The van der Waals surface area contributed by atoms with Gasteiger partial charge in [-0.1, -0.05) is 29.3 Å². The van der Waals surface area contributed by atoms with Gasteiger partial charge < -0.3 is 0 Å². The molecule has 0 radical (unpaired) electrons. The van der Waals surface area contributed by atoms with Crippen LogP contribution in [0.15, 0.2) is 0 Å². The monoisotopic (exact) mass is 126 g/mol. The third kappa shape index (κ3) is 4.79. The molecule has 0 fully saturated rings. The van der Waals surface area contributed by atoms with E-state index in [0.29, 0.717) is 0 Å². The molecule has 0 bridgehead atoms. The molecule has 0 unspecified atom stereocenters. The van der Waals surface area contributed by atoms with Gasteiger partial charge in [-0.05, 0) is 5.75 Å². The third-order valence-electron chi connectivity index (χ3n) is 0.258. The standard InChI is InChI=1S/C2H6S3/c1-2-5(3)4/h5H,2H2,1H3. The Labute approximate surface area is 43.4 Å². The van der Waals surface area contributed by atoms with Gasteiger partial charge in [0.25, 0.3) is 0 Å². The summed E-state index contributed by atoms with van der Waals surface area (Å²) in [7, 11) is -0.432. The zero-order chi connectivity index (χ0) is 4.28. The maximum absolute atomic E-state index is 4.66. The molecule has 0 aromatic heterocycles. The topological polar surface area (TPSA) is 0 Å². The predicted octanol–water partition coefficient (Wildman–Crippen LogP) is 0.281. The minimum Gasteiger partial charge on any atom is -0.101 e. The lowest BCUT2D eigenvalue weighted by molar-refractivity contribution is 1.54. The van der Waals surface area contributed by atoms with Gasteiger partial charge in [0.05, 0.1) is 0 Å². The van der Waals surface area contributed by atoms with Crippen molar-refractivity contribution in [3.8, 4) is 0 Å². The van der Waals surface area contributed by atoms with Crippen molar-refractivity contribution < 1.29 is 0 Å². The molecule has 5 heavy (non-hydrogen) atoms. The highest BCUT2D eigenvalue weighted by molar-refractivity contribution is 8.46. The molecule has 3 heteroatoms. The summed E-state index contributed by atoms with van der Waals surface area (Å²) < 4.78 is 0. The van der Waals surface area contributed by atoms with Gasteiger partial charge in [0.15, 0.2) is 0 Å². The van der Waals surface area contributed by atoms with Gasteiger partial charge in [-0.3, -0.25) is 0 Å². The van der Waals surface area contributed by atoms with E-state index < -0.39 is 8.01 Å². The Morgan fingerprint density at radius 1 is 1.60 bits per heavy atom. The van der Waals surface area contributed by atoms with E-state index in [1.54, 1.807) is 0 Å². The zero-order valence-corrected chi connectivity index (χ0v) is 5.50. The molecule has 0 saturated heterocycles. The Hall–Kier alpha value is 0.790. The summed E-state index contributed by atoms with van der Waals surface area (Å²) in [5, 5.41) is 0. The Morgan fingerprint density at radius 3 is 1.80 bits per heavy atom. The maximum Gasteiger partial charge on any atom is -0.00339 e. The van der Waals surface area contributed by atoms with E-state index in [2.05, 4.69) is 22.4 Å². The van der Waals surface area contributed by atoms with Gasteiger partial charge in [-0.15, -0.1) is 8.01 Å². The lowest BCUT2D eigenvalue weighted by Gasteiger charge is -1.67. The Morgan fingerprint density at radius 2 is 1.80 bits per heavy atom. The van der Waals surface area contributed by atoms with Crippen molar-refractivity contribution >= 4 is 30.4 Å². The second-order valence-corrected chi connectivity index (χ2v) is 5.28. The molecule has 0 heterocycles. The Kier molecular flexibility index (Phi) is 3.47. The lowest BCUT2D eigenvalue weighted by Crippen LogP contribution is -1.68. The molecule has 32 valence electrons. The summed E-state index contributed by atoms with van der Waals surface area (Å²) in [5.41, 5.74) is 0. The number of thiol groups is 1. The van der Waals surface area contributed by atoms with E-state index in [-0.39, 0.29) is 0 Å². The Balaban J connectivity index is 3.23. The molecular weight excluding hydrogens is 120 g/mol. The molecule has 0 nitrogen and oxygen atoms in total. The third-order valence-corrected chi connectivity index (χ3v) is 2.32. The van der Waals surface area contributed by atoms with Crippen molar-refractivity contribution in [2.75, 3.05) is 5.75 Å². The summed E-state index contributed by atoms with van der Waals surface area (Å²) in [6, 6.07) is 0. The van der Waals surface area contributed by atoms with Crippen molar-refractivity contribution in [1.82, 2.24) is 0 Å². The van der Waals surface area contributed by atoms with E-state index in [1.807, 2.05) is 6.92 Å². The van der Waals surface area contributed by atoms with E-state index in [9.17, 15) is 0 Å². The molecule has 0 rings (SSSR count). The smallest absolute Gasteiger partial charge is 0.00339 e. The van der Waals surface area contributed by atoms with Crippen LogP contribution < -0.4 is 0 Å². The van der Waals surface area contributed by atoms with Crippen LogP contribution in [0, 0.1) is 0 Å². The van der Waals surface area contributed by atoms with Gasteiger partial charge in [-0.25, -0.2) is 0 Å². The number of hydrogen-bond donors (Lipinski definition) is 1. The molecule has 0 spiro atoms. The Bertz CT molecular complexity index is 63.0. The van der Waals surface area contributed by atoms with Crippen molar-refractivity contribution in [2.24, 2.45) is 0 Å². The fourth-order valence-electron chi connectivity index (χ4n) is 0. The van der Waals surface area contributed by atoms with Crippen LogP contribution in [-0.4, -0.2) is 5.75 Å². The lowest BCUT2D eigenvalue weighted by atomic mass is 11.0. The predicted molar refractivity (Wildman–Crippen MR) is 34.0 cm³/mol. The molecule has 0 aliphatic carbocycles. The maximum atomic E-state index is 4.66. The van der Waals surface area contributed by atoms with Crippen LogP contribution >= 0.6 is 0 Å². The van der Waals surface area contributed by atoms with Gasteiger partial charge in [0.2, 0.25) is 0 Å². The summed E-state index contributed by atoms with van der Waals surface area (Å²) in [6.45, 7) is 2.02. The quantitative estimate of drug-likeness (QED) is 0.501. The van der Waals surface area contributed by atoms with Crippen LogP contribution in [0.2, 0.25) is 0 Å². The highest BCUT2D eigenvalue weighted by Gasteiger charge is 1.57. The van der Waals surface area contributed by atoms with Crippen LogP contribution in [0.1, 0.15) is 6.92 Å². The van der Waals surface area contributed by atoms with Crippen molar-refractivity contribution in [3.05, 3.63) is 0 Å². The van der Waals surface area contributed by atoms with E-state index in [0.717, 1.165) is 5.75 Å². The summed E-state index contributed by atoms with van der Waals surface area (Å²) >= 11 is 9.32. The first kappa shape index (κ1) is 5.79. The van der Waals surface area contributed by atoms with Crippen molar-refractivity contribution in [3.63, 3.8) is 0 Å². The second-order valence-electron chi connectivity index (χ2n) is 0.649. The summed E-state index contributed by atoms with van der Waals surface area (Å²) in [5.74, 6) is 1.00. The molecule has 0 aliphatic rings. The van der Waals surface area contributed by atoms with Gasteiger partial charge in [0, 0.05) is 0 Å². The van der Waals surface area contributed by atoms with Gasteiger partial charge in [0.1, 0.15) is 0 Å². The van der Waals surface area contributed by atoms with Gasteiger partial charge in [-0.2, -0.15) is 0 Å². The molecule has 0 N–H and O–H groups in total. The molecule has 0 aliphatic heterocycles. The molecule has 0 aromatic carbocycles. The minimum atomic E-state index is -0.432. The fourth-order valence-corrected chi connectivity index (χ4v) is 0. The summed E-state index contributed by atoms with van der Waals surface area (Å²) in [4.78, 5) is 0. The average Bonchev–Trinajstić information content (AvgIpc) is 1.38. The zero-order valence-electron chi connectivity index (χ0n) is 2.97. The first-order chi connectivity index (χ1) is 2.27.